The van der Waals surface area contributed by atoms with Gasteiger partial charge in [-0.15, -0.1) is 26.3 Å². The topological polar surface area (TPSA) is 74.5 Å². The van der Waals surface area contributed by atoms with E-state index in [0.717, 1.165) is 36.5 Å². The first-order chi connectivity index (χ1) is 14.4. The second-order valence-electron chi connectivity index (χ2n) is 5.99. The average molecular weight is 444 g/mol. The van der Waals surface area contributed by atoms with Crippen molar-refractivity contribution in [1.82, 2.24) is 4.98 Å². The molecule has 0 spiro atoms. The zero-order valence-electron chi connectivity index (χ0n) is 15.1. The molecule has 0 bridgehead atoms. The van der Waals surface area contributed by atoms with Crippen LogP contribution in [0, 0.1) is 10.1 Å². The van der Waals surface area contributed by atoms with Crippen molar-refractivity contribution in [1.29, 1.82) is 0 Å². The molecule has 12 heteroatoms. The summed E-state index contributed by atoms with van der Waals surface area (Å²) in [6.07, 6.45) is -8.81. The molecule has 6 nitrogen and oxygen atoms in total. The molecule has 0 saturated carbocycles. The molecule has 3 aromatic rings. The second kappa shape index (κ2) is 8.13. The van der Waals surface area contributed by atoms with Crippen LogP contribution in [0.5, 0.6) is 11.5 Å². The lowest BCUT2D eigenvalue weighted by Crippen LogP contribution is -2.17. The molecular weight excluding hydrogens is 434 g/mol. The fourth-order valence-electron chi connectivity index (χ4n) is 2.65. The van der Waals surface area contributed by atoms with E-state index in [-0.39, 0.29) is 22.5 Å². The lowest BCUT2D eigenvalue weighted by Gasteiger charge is -2.12. The summed E-state index contributed by atoms with van der Waals surface area (Å²) < 4.78 is 81.6. The molecule has 3 rings (SSSR count). The van der Waals surface area contributed by atoms with E-state index in [9.17, 15) is 36.5 Å². The first kappa shape index (κ1) is 21.9. The molecule has 162 valence electrons. The number of hydrogen-bond donors (Lipinski definition) is 0. The van der Waals surface area contributed by atoms with Crippen LogP contribution in [0.1, 0.15) is 0 Å². The summed E-state index contributed by atoms with van der Waals surface area (Å²) in [4.78, 5) is 14.4. The van der Waals surface area contributed by atoms with Gasteiger partial charge in [0, 0.05) is 17.2 Å². The molecule has 1 aromatic heterocycles. The smallest absolute Gasteiger partial charge is 0.406 e. The maximum absolute atomic E-state index is 12.3. The SMILES string of the molecule is O=[N+]([O-])c1cnc(-c2ccc(OC(F)(F)F)cc2)c(-c2ccc(OC(F)(F)F)cc2)c1. The van der Waals surface area contributed by atoms with Crippen molar-refractivity contribution < 1.29 is 40.7 Å². The number of alkyl halides is 6. The van der Waals surface area contributed by atoms with Gasteiger partial charge in [0.2, 0.25) is 0 Å². The van der Waals surface area contributed by atoms with E-state index in [0.29, 0.717) is 5.56 Å². The van der Waals surface area contributed by atoms with E-state index >= 15 is 0 Å². The Morgan fingerprint density at radius 3 is 1.65 bits per heavy atom. The summed E-state index contributed by atoms with van der Waals surface area (Å²) in [6.45, 7) is 0. The summed E-state index contributed by atoms with van der Waals surface area (Å²) in [7, 11) is 0. The highest BCUT2D eigenvalue weighted by atomic mass is 19.4. The minimum atomic E-state index is -4.89. The van der Waals surface area contributed by atoms with Gasteiger partial charge in [0.15, 0.2) is 0 Å². The Bertz CT molecular complexity index is 1080. The number of aromatic nitrogens is 1. The summed E-state index contributed by atoms with van der Waals surface area (Å²) in [6, 6.07) is 10.3. The number of hydrogen-bond acceptors (Lipinski definition) is 5. The highest BCUT2D eigenvalue weighted by molar-refractivity contribution is 5.82. The zero-order chi connectivity index (χ0) is 22.8. The van der Waals surface area contributed by atoms with Gasteiger partial charge in [-0.25, -0.2) is 4.98 Å². The van der Waals surface area contributed by atoms with Crippen LogP contribution < -0.4 is 9.47 Å². The van der Waals surface area contributed by atoms with Crippen molar-refractivity contribution in [2.24, 2.45) is 0 Å². The molecule has 0 atom stereocenters. The predicted octanol–water partition coefficient (Wildman–Crippen LogP) is 6.12. The monoisotopic (exact) mass is 444 g/mol. The van der Waals surface area contributed by atoms with Crippen molar-refractivity contribution >= 4 is 5.69 Å². The maximum atomic E-state index is 12.3. The molecule has 31 heavy (non-hydrogen) atoms. The van der Waals surface area contributed by atoms with E-state index in [2.05, 4.69) is 14.5 Å². The third kappa shape index (κ3) is 5.84. The third-order valence-electron chi connectivity index (χ3n) is 3.84. The fraction of sp³-hybridized carbons (Fsp3) is 0.105. The van der Waals surface area contributed by atoms with Gasteiger partial charge in [-0.1, -0.05) is 12.1 Å². The summed E-state index contributed by atoms with van der Waals surface area (Å²) in [5.41, 5.74) is 0.531. The normalized spacial score (nSPS) is 11.8. The summed E-state index contributed by atoms with van der Waals surface area (Å²) in [5.74, 6) is -0.974. The molecule has 2 aromatic carbocycles. The Hall–Kier alpha value is -3.83. The van der Waals surface area contributed by atoms with Crippen LogP contribution in [0.2, 0.25) is 0 Å². The molecule has 0 aliphatic heterocycles. The summed E-state index contributed by atoms with van der Waals surface area (Å²) >= 11 is 0. The fourth-order valence-corrected chi connectivity index (χ4v) is 2.65. The van der Waals surface area contributed by atoms with Crippen molar-refractivity contribution in [3.05, 3.63) is 70.9 Å². The van der Waals surface area contributed by atoms with Gasteiger partial charge in [-0.05, 0) is 42.0 Å². The van der Waals surface area contributed by atoms with Crippen LogP contribution in [0.25, 0.3) is 22.4 Å². The largest absolute Gasteiger partial charge is 0.573 e. The molecule has 0 unspecified atom stereocenters. The lowest BCUT2D eigenvalue weighted by molar-refractivity contribution is -0.385. The molecule has 1 heterocycles. The van der Waals surface area contributed by atoms with E-state index in [1.165, 1.54) is 24.3 Å². The van der Waals surface area contributed by atoms with E-state index in [1.54, 1.807) is 0 Å². The van der Waals surface area contributed by atoms with Gasteiger partial charge < -0.3 is 9.47 Å². The molecule has 0 N–H and O–H groups in total. The molecule has 0 amide bonds. The molecular formula is C19H10F6N2O4. The van der Waals surface area contributed by atoms with Crippen molar-refractivity contribution in [2.75, 3.05) is 0 Å². The predicted molar refractivity (Wildman–Crippen MR) is 95.1 cm³/mol. The molecule has 0 radical (unpaired) electrons. The Balaban J connectivity index is 2.01. The Morgan fingerprint density at radius 1 is 0.774 bits per heavy atom. The highest BCUT2D eigenvalue weighted by Gasteiger charge is 2.31. The number of halogens is 6. The Labute approximate surface area is 169 Å². The number of nitro groups is 1. The van der Waals surface area contributed by atoms with Crippen LogP contribution >= 0.6 is 0 Å². The standard InChI is InChI=1S/C19H10F6N2O4/c20-18(21,22)30-14-5-1-11(2-6-14)16-9-13(27(28)29)10-26-17(16)12-3-7-15(8-4-12)31-19(23,24)25/h1-10H. The lowest BCUT2D eigenvalue weighted by atomic mass is 9.99. The number of pyridine rings is 1. The molecule has 0 fully saturated rings. The van der Waals surface area contributed by atoms with E-state index in [4.69, 9.17) is 0 Å². The third-order valence-corrected chi connectivity index (χ3v) is 3.84. The second-order valence-corrected chi connectivity index (χ2v) is 5.99. The molecule has 0 saturated heterocycles. The Morgan fingerprint density at radius 2 is 1.23 bits per heavy atom. The number of ether oxygens (including phenoxy) is 2. The highest BCUT2D eigenvalue weighted by Crippen LogP contribution is 2.35. The zero-order valence-corrected chi connectivity index (χ0v) is 15.1. The quantitative estimate of drug-likeness (QED) is 0.269. The number of benzene rings is 2. The van der Waals surface area contributed by atoms with Crippen LogP contribution in [0.4, 0.5) is 32.0 Å². The number of nitrogens with zero attached hydrogens (tertiary/aromatic N) is 2. The van der Waals surface area contributed by atoms with Gasteiger partial charge in [0.1, 0.15) is 17.7 Å². The van der Waals surface area contributed by atoms with Crippen molar-refractivity contribution in [3.63, 3.8) is 0 Å². The average Bonchev–Trinajstić information content (AvgIpc) is 2.66. The molecule has 0 aliphatic carbocycles. The first-order valence-electron chi connectivity index (χ1n) is 8.28. The minimum absolute atomic E-state index is 0.161. The van der Waals surface area contributed by atoms with Crippen LogP contribution in [-0.2, 0) is 0 Å². The van der Waals surface area contributed by atoms with Gasteiger partial charge in [0.25, 0.3) is 5.69 Å². The minimum Gasteiger partial charge on any atom is -0.406 e. The van der Waals surface area contributed by atoms with Gasteiger partial charge in [-0.3, -0.25) is 10.1 Å². The Kier molecular flexibility index (Phi) is 5.73. The maximum Gasteiger partial charge on any atom is 0.573 e. The molecule has 0 aliphatic rings. The van der Waals surface area contributed by atoms with Crippen molar-refractivity contribution in [3.8, 4) is 33.9 Å². The van der Waals surface area contributed by atoms with Crippen molar-refractivity contribution in [2.45, 2.75) is 12.7 Å². The number of rotatable bonds is 5. The van der Waals surface area contributed by atoms with E-state index < -0.39 is 29.1 Å². The first-order valence-corrected chi connectivity index (χ1v) is 8.28. The van der Waals surface area contributed by atoms with Gasteiger partial charge in [0.05, 0.1) is 10.6 Å². The van der Waals surface area contributed by atoms with Crippen LogP contribution in [0.3, 0.4) is 0 Å². The van der Waals surface area contributed by atoms with Crippen LogP contribution in [0.15, 0.2) is 60.8 Å². The van der Waals surface area contributed by atoms with E-state index in [1.807, 2.05) is 0 Å². The summed E-state index contributed by atoms with van der Waals surface area (Å²) in [5, 5.41) is 11.1. The van der Waals surface area contributed by atoms with Gasteiger partial charge >= 0.3 is 12.7 Å². The van der Waals surface area contributed by atoms with Gasteiger partial charge in [-0.2, -0.15) is 0 Å². The van der Waals surface area contributed by atoms with Crippen LogP contribution in [-0.4, -0.2) is 22.6 Å².